The first kappa shape index (κ1) is 12.1. The van der Waals surface area contributed by atoms with Crippen molar-refractivity contribution in [3.8, 4) is 5.75 Å². The molecule has 0 aliphatic carbocycles. The molecule has 1 atom stereocenters. The maximum atomic E-state index is 5.71. The second-order valence-electron chi connectivity index (χ2n) is 3.81. The average Bonchev–Trinajstić information content (AvgIpc) is 2.76. The zero-order valence-corrected chi connectivity index (χ0v) is 10.5. The van der Waals surface area contributed by atoms with E-state index in [1.165, 1.54) is 13.4 Å². The molecule has 2 heterocycles. The highest BCUT2D eigenvalue weighted by Gasteiger charge is 2.16. The van der Waals surface area contributed by atoms with Crippen molar-refractivity contribution in [3.63, 3.8) is 0 Å². The van der Waals surface area contributed by atoms with Crippen LogP contribution in [0.2, 0.25) is 0 Å². The average molecular weight is 249 g/mol. The Morgan fingerprint density at radius 3 is 2.83 bits per heavy atom. The molecule has 0 radical (unpaired) electrons. The normalized spacial score (nSPS) is 12.2. The molecule has 8 heteroatoms. The summed E-state index contributed by atoms with van der Waals surface area (Å²) in [6.45, 7) is 1.95. The Balaban J connectivity index is 2.24. The number of hydrogen-bond donors (Lipinski definition) is 2. The van der Waals surface area contributed by atoms with Gasteiger partial charge in [-0.15, -0.1) is 10.2 Å². The third-order valence-electron chi connectivity index (χ3n) is 2.52. The number of ether oxygens (including phenoxy) is 1. The van der Waals surface area contributed by atoms with E-state index < -0.39 is 0 Å². The summed E-state index contributed by atoms with van der Waals surface area (Å²) in [4.78, 5) is 7.97. The van der Waals surface area contributed by atoms with E-state index in [1.54, 1.807) is 6.33 Å². The molecule has 0 spiro atoms. The highest BCUT2D eigenvalue weighted by atomic mass is 16.5. The maximum Gasteiger partial charge on any atom is 0.203 e. The third kappa shape index (κ3) is 2.17. The van der Waals surface area contributed by atoms with Gasteiger partial charge in [-0.2, -0.15) is 0 Å². The van der Waals surface area contributed by atoms with Crippen molar-refractivity contribution in [3.05, 3.63) is 18.5 Å². The molecule has 3 N–H and O–H groups in total. The van der Waals surface area contributed by atoms with Crippen LogP contribution in [0.5, 0.6) is 5.75 Å². The molecule has 1 unspecified atom stereocenters. The van der Waals surface area contributed by atoms with Crippen molar-refractivity contribution in [2.75, 3.05) is 18.2 Å². The molecule has 0 aliphatic rings. The van der Waals surface area contributed by atoms with Gasteiger partial charge in [-0.05, 0) is 6.92 Å². The molecular weight excluding hydrogens is 234 g/mol. The van der Waals surface area contributed by atoms with E-state index in [0.29, 0.717) is 17.4 Å². The van der Waals surface area contributed by atoms with Crippen molar-refractivity contribution in [1.82, 2.24) is 24.7 Å². The van der Waals surface area contributed by atoms with Crippen LogP contribution in [0.1, 0.15) is 18.8 Å². The van der Waals surface area contributed by atoms with Gasteiger partial charge in [0.25, 0.3) is 0 Å². The monoisotopic (exact) mass is 249 g/mol. The molecule has 0 saturated carbocycles. The lowest BCUT2D eigenvalue weighted by Crippen LogP contribution is -2.14. The number of nitrogens with two attached hydrogens (primary N) is 1. The first-order chi connectivity index (χ1) is 8.63. The molecule has 2 aromatic heterocycles. The highest BCUT2D eigenvalue weighted by molar-refractivity contribution is 5.61. The van der Waals surface area contributed by atoms with E-state index in [-0.39, 0.29) is 6.04 Å². The van der Waals surface area contributed by atoms with Crippen LogP contribution in [0, 0.1) is 0 Å². The Hall–Kier alpha value is -2.38. The lowest BCUT2D eigenvalue weighted by Gasteiger charge is -2.16. The predicted molar refractivity (Wildman–Crippen MR) is 66.0 cm³/mol. The molecule has 0 saturated heterocycles. The van der Waals surface area contributed by atoms with E-state index in [0.717, 1.165) is 5.82 Å². The van der Waals surface area contributed by atoms with Crippen molar-refractivity contribution >= 4 is 11.6 Å². The van der Waals surface area contributed by atoms with Crippen molar-refractivity contribution in [1.29, 1.82) is 0 Å². The van der Waals surface area contributed by atoms with Crippen LogP contribution in [0.4, 0.5) is 11.6 Å². The smallest absolute Gasteiger partial charge is 0.203 e. The SMILES string of the molecule is COc1c(N)ncnc1NC(C)c1nncn1C. The fourth-order valence-corrected chi connectivity index (χ4v) is 1.65. The maximum absolute atomic E-state index is 5.71. The standard InChI is InChI=1S/C10H15N7O/c1-6(10-16-14-5-17(10)2)15-9-7(18-3)8(11)12-4-13-9/h4-6H,1-3H3,(H3,11,12,13,15). The van der Waals surface area contributed by atoms with Gasteiger partial charge in [-0.3, -0.25) is 0 Å². The van der Waals surface area contributed by atoms with Gasteiger partial charge in [0, 0.05) is 7.05 Å². The van der Waals surface area contributed by atoms with Crippen LogP contribution in [0.15, 0.2) is 12.7 Å². The van der Waals surface area contributed by atoms with Gasteiger partial charge in [0.15, 0.2) is 17.5 Å². The van der Waals surface area contributed by atoms with Gasteiger partial charge >= 0.3 is 0 Å². The van der Waals surface area contributed by atoms with Crippen LogP contribution >= 0.6 is 0 Å². The van der Waals surface area contributed by atoms with Gasteiger partial charge in [-0.1, -0.05) is 0 Å². The van der Waals surface area contributed by atoms with E-state index >= 15 is 0 Å². The van der Waals surface area contributed by atoms with Gasteiger partial charge in [0.1, 0.15) is 12.7 Å². The molecule has 0 bridgehead atoms. The highest BCUT2D eigenvalue weighted by Crippen LogP contribution is 2.28. The minimum Gasteiger partial charge on any atom is -0.490 e. The zero-order valence-electron chi connectivity index (χ0n) is 10.5. The third-order valence-corrected chi connectivity index (χ3v) is 2.52. The predicted octanol–water partition coefficient (Wildman–Crippen LogP) is 0.369. The molecule has 8 nitrogen and oxygen atoms in total. The summed E-state index contributed by atoms with van der Waals surface area (Å²) < 4.78 is 7.00. The second kappa shape index (κ2) is 4.86. The Kier molecular flexibility index (Phi) is 3.26. The van der Waals surface area contributed by atoms with E-state index in [4.69, 9.17) is 10.5 Å². The minimum atomic E-state index is -0.0827. The van der Waals surface area contributed by atoms with Crippen LogP contribution < -0.4 is 15.8 Å². The van der Waals surface area contributed by atoms with E-state index in [9.17, 15) is 0 Å². The number of hydrogen-bond acceptors (Lipinski definition) is 7. The van der Waals surface area contributed by atoms with Gasteiger partial charge in [0.05, 0.1) is 13.2 Å². The summed E-state index contributed by atoms with van der Waals surface area (Å²) in [6, 6.07) is -0.0827. The van der Waals surface area contributed by atoms with E-state index in [1.807, 2.05) is 18.5 Å². The number of methoxy groups -OCH3 is 1. The Labute approximate surface area is 104 Å². The number of aryl methyl sites for hydroxylation is 1. The number of nitrogen functional groups attached to an aromatic ring is 1. The lowest BCUT2D eigenvalue weighted by molar-refractivity contribution is 0.414. The molecular formula is C10H15N7O. The number of anilines is 2. The van der Waals surface area contributed by atoms with E-state index in [2.05, 4.69) is 25.5 Å². The number of nitrogens with one attached hydrogen (secondary N) is 1. The van der Waals surface area contributed by atoms with Gasteiger partial charge in [0.2, 0.25) is 5.75 Å². The quantitative estimate of drug-likeness (QED) is 0.806. The Bertz CT molecular complexity index is 539. The van der Waals surface area contributed by atoms with Crippen LogP contribution in [0.3, 0.4) is 0 Å². The van der Waals surface area contributed by atoms with Crippen LogP contribution in [-0.2, 0) is 7.05 Å². The van der Waals surface area contributed by atoms with Crippen LogP contribution in [-0.4, -0.2) is 31.8 Å². The Morgan fingerprint density at radius 1 is 1.44 bits per heavy atom. The van der Waals surface area contributed by atoms with Crippen LogP contribution in [0.25, 0.3) is 0 Å². The van der Waals surface area contributed by atoms with Crippen molar-refractivity contribution in [2.24, 2.45) is 7.05 Å². The largest absolute Gasteiger partial charge is 0.490 e. The van der Waals surface area contributed by atoms with Crippen molar-refractivity contribution < 1.29 is 4.74 Å². The number of aromatic nitrogens is 5. The fourth-order valence-electron chi connectivity index (χ4n) is 1.65. The molecule has 0 amide bonds. The zero-order chi connectivity index (χ0) is 13.1. The molecule has 0 aromatic carbocycles. The Morgan fingerprint density at radius 2 is 2.22 bits per heavy atom. The molecule has 2 aromatic rings. The summed E-state index contributed by atoms with van der Waals surface area (Å²) >= 11 is 0. The summed E-state index contributed by atoms with van der Waals surface area (Å²) in [5.41, 5.74) is 5.71. The topological polar surface area (TPSA) is 104 Å². The summed E-state index contributed by atoms with van der Waals surface area (Å²) in [7, 11) is 3.40. The first-order valence-corrected chi connectivity index (χ1v) is 5.38. The molecule has 2 rings (SSSR count). The number of rotatable bonds is 4. The van der Waals surface area contributed by atoms with Gasteiger partial charge < -0.3 is 20.4 Å². The van der Waals surface area contributed by atoms with Gasteiger partial charge in [-0.25, -0.2) is 9.97 Å². The van der Waals surface area contributed by atoms with Crippen molar-refractivity contribution in [2.45, 2.75) is 13.0 Å². The first-order valence-electron chi connectivity index (χ1n) is 5.38. The minimum absolute atomic E-state index is 0.0827. The fraction of sp³-hybridized carbons (Fsp3) is 0.400. The molecule has 0 fully saturated rings. The lowest BCUT2D eigenvalue weighted by atomic mass is 10.3. The molecule has 0 aliphatic heterocycles. The molecule has 18 heavy (non-hydrogen) atoms. The molecule has 96 valence electrons. The number of nitrogens with zero attached hydrogens (tertiary/aromatic N) is 5. The second-order valence-corrected chi connectivity index (χ2v) is 3.81. The summed E-state index contributed by atoms with van der Waals surface area (Å²) in [5, 5.41) is 11.0. The summed E-state index contributed by atoms with van der Waals surface area (Å²) in [5.74, 6) is 2.03. The summed E-state index contributed by atoms with van der Waals surface area (Å²) in [6.07, 6.45) is 3.02.